The lowest BCUT2D eigenvalue weighted by molar-refractivity contribution is -0.140. The van der Waals surface area contributed by atoms with Gasteiger partial charge in [-0.25, -0.2) is 4.79 Å². The summed E-state index contributed by atoms with van der Waals surface area (Å²) in [6, 6.07) is 21.2. The molecule has 2 heterocycles. The predicted octanol–water partition coefficient (Wildman–Crippen LogP) is 5.82. The van der Waals surface area contributed by atoms with E-state index in [1.165, 1.54) is 0 Å². The molecule has 1 amide bonds. The molecule has 2 N–H and O–H groups in total. The van der Waals surface area contributed by atoms with E-state index < -0.39 is 28.7 Å². The molecule has 2 aromatic carbocycles. The van der Waals surface area contributed by atoms with E-state index in [1.54, 1.807) is 24.9 Å². The minimum absolute atomic E-state index is 0.206. The van der Waals surface area contributed by atoms with Crippen LogP contribution in [0, 0.1) is 0 Å². The highest BCUT2D eigenvalue weighted by molar-refractivity contribution is 5.84. The van der Waals surface area contributed by atoms with E-state index in [-0.39, 0.29) is 6.04 Å². The largest absolute Gasteiger partial charge is 0.481 e. The van der Waals surface area contributed by atoms with Crippen molar-refractivity contribution in [3.63, 3.8) is 0 Å². The molecule has 1 aliphatic heterocycles. The van der Waals surface area contributed by atoms with Crippen molar-refractivity contribution in [2.24, 2.45) is 0 Å². The Morgan fingerprint density at radius 1 is 1.05 bits per heavy atom. The van der Waals surface area contributed by atoms with Crippen LogP contribution in [-0.2, 0) is 20.5 Å². The fourth-order valence-corrected chi connectivity index (χ4v) is 5.60. The summed E-state index contributed by atoms with van der Waals surface area (Å²) in [4.78, 5) is 31.1. The minimum atomic E-state index is -1.00. The molecule has 7 nitrogen and oxygen atoms in total. The van der Waals surface area contributed by atoms with E-state index in [0.29, 0.717) is 37.9 Å². The van der Waals surface area contributed by atoms with Crippen LogP contribution in [0.3, 0.4) is 0 Å². The number of aromatic nitrogens is 1. The van der Waals surface area contributed by atoms with Crippen LogP contribution in [0.15, 0.2) is 72.9 Å². The molecule has 2 unspecified atom stereocenters. The Kier molecular flexibility index (Phi) is 6.51. The predicted molar refractivity (Wildman–Crippen MR) is 143 cm³/mol. The maximum absolute atomic E-state index is 13.3. The highest BCUT2D eigenvalue weighted by atomic mass is 16.6. The van der Waals surface area contributed by atoms with Gasteiger partial charge in [-0.1, -0.05) is 54.6 Å². The Morgan fingerprint density at radius 3 is 2.32 bits per heavy atom. The molecule has 0 radical (unpaired) electrons. The Hall–Kier alpha value is -3.71. The number of rotatable bonds is 8. The molecule has 3 aromatic rings. The third-order valence-electron chi connectivity index (χ3n) is 7.90. The molecule has 1 saturated heterocycles. The van der Waals surface area contributed by atoms with Crippen molar-refractivity contribution in [2.75, 3.05) is 6.54 Å². The van der Waals surface area contributed by atoms with Crippen LogP contribution < -0.4 is 0 Å². The molecular formula is C31H34N2O5. The van der Waals surface area contributed by atoms with Gasteiger partial charge in [-0.3, -0.25) is 9.78 Å². The van der Waals surface area contributed by atoms with Gasteiger partial charge in [-0.05, 0) is 68.0 Å². The highest BCUT2D eigenvalue weighted by Gasteiger charge is 2.53. The number of nitrogens with zero attached hydrogens (tertiary/aromatic N) is 2. The van der Waals surface area contributed by atoms with Gasteiger partial charge < -0.3 is 19.8 Å². The van der Waals surface area contributed by atoms with E-state index in [0.717, 1.165) is 22.3 Å². The molecule has 38 heavy (non-hydrogen) atoms. The molecule has 0 bridgehead atoms. The molecule has 198 valence electrons. The summed E-state index contributed by atoms with van der Waals surface area (Å²) in [6.45, 7) is 5.95. The normalized spacial score (nSPS) is 21.5. The van der Waals surface area contributed by atoms with Crippen molar-refractivity contribution in [3.8, 4) is 11.1 Å². The van der Waals surface area contributed by atoms with E-state index in [2.05, 4.69) is 4.98 Å². The van der Waals surface area contributed by atoms with Gasteiger partial charge in [-0.2, -0.15) is 0 Å². The molecule has 5 rings (SSSR count). The van der Waals surface area contributed by atoms with Crippen LogP contribution in [0.5, 0.6) is 0 Å². The number of pyridine rings is 1. The summed E-state index contributed by atoms with van der Waals surface area (Å²) in [5.74, 6) is -0.821. The van der Waals surface area contributed by atoms with Gasteiger partial charge in [0.1, 0.15) is 11.0 Å². The Labute approximate surface area is 223 Å². The van der Waals surface area contributed by atoms with Crippen molar-refractivity contribution in [1.82, 2.24) is 9.88 Å². The number of hydrogen-bond acceptors (Lipinski definition) is 5. The van der Waals surface area contributed by atoms with Crippen LogP contribution in [0.2, 0.25) is 0 Å². The topological polar surface area (TPSA) is 100.0 Å². The van der Waals surface area contributed by atoms with E-state index in [1.807, 2.05) is 73.7 Å². The molecule has 1 saturated carbocycles. The summed E-state index contributed by atoms with van der Waals surface area (Å²) >= 11 is 0. The molecule has 7 heteroatoms. The number of benzene rings is 2. The number of hydrogen-bond donors (Lipinski definition) is 2. The first kappa shape index (κ1) is 25.9. The van der Waals surface area contributed by atoms with Gasteiger partial charge in [0.05, 0.1) is 17.3 Å². The molecule has 1 aliphatic carbocycles. The molecule has 2 fully saturated rings. The number of carboxylic acids is 1. The SMILES string of the molecule is CC(c1ccc(-c2ccnc(C3(C(=O)O)CC3)c2)cc1)N1CCC(CC(C)(C)O)(c2ccccc2)OC1=O. The number of carbonyl (C=O) groups is 2. The van der Waals surface area contributed by atoms with Gasteiger partial charge in [-0.15, -0.1) is 0 Å². The average Bonchev–Trinajstić information content (AvgIpc) is 3.71. The van der Waals surface area contributed by atoms with Crippen molar-refractivity contribution >= 4 is 12.1 Å². The number of carbonyl (C=O) groups excluding carboxylic acids is 1. The summed E-state index contributed by atoms with van der Waals surface area (Å²) in [6.07, 6.45) is 3.37. The van der Waals surface area contributed by atoms with Gasteiger partial charge in [0.2, 0.25) is 0 Å². The molecule has 2 aliphatic rings. The van der Waals surface area contributed by atoms with Gasteiger partial charge in [0, 0.05) is 25.6 Å². The van der Waals surface area contributed by atoms with Crippen LogP contribution in [-0.4, -0.2) is 44.3 Å². The number of amides is 1. The van der Waals surface area contributed by atoms with Gasteiger partial charge in [0.15, 0.2) is 0 Å². The van der Waals surface area contributed by atoms with Crippen molar-refractivity contribution in [3.05, 3.63) is 89.7 Å². The van der Waals surface area contributed by atoms with Crippen LogP contribution in [0.1, 0.15) is 69.3 Å². The van der Waals surface area contributed by atoms with E-state index in [4.69, 9.17) is 4.74 Å². The van der Waals surface area contributed by atoms with E-state index >= 15 is 0 Å². The highest BCUT2D eigenvalue weighted by Crippen LogP contribution is 2.48. The zero-order chi connectivity index (χ0) is 27.1. The first-order chi connectivity index (χ1) is 18.0. The standard InChI is InChI=1S/C31H34N2O5/c1-21(33-18-16-31(38-28(33)36,20-29(2,3)37)25-7-5-4-6-8-25)22-9-11-23(12-10-22)24-13-17-32-26(19-24)30(14-15-30)27(34)35/h4-13,17,19,21,37H,14-16,18,20H2,1-3H3,(H,34,35). The van der Waals surface area contributed by atoms with Crippen molar-refractivity contribution < 1.29 is 24.5 Å². The maximum atomic E-state index is 13.3. The lowest BCUT2D eigenvalue weighted by atomic mass is 9.80. The molecular weight excluding hydrogens is 480 g/mol. The summed E-state index contributed by atoms with van der Waals surface area (Å²) < 4.78 is 6.13. The second-order valence-electron chi connectivity index (χ2n) is 11.3. The monoisotopic (exact) mass is 514 g/mol. The zero-order valence-electron chi connectivity index (χ0n) is 22.1. The van der Waals surface area contributed by atoms with Crippen molar-refractivity contribution in [1.29, 1.82) is 0 Å². The molecule has 2 atom stereocenters. The summed E-state index contributed by atoms with van der Waals surface area (Å²) in [7, 11) is 0. The second kappa shape index (κ2) is 9.55. The quantitative estimate of drug-likeness (QED) is 0.393. The van der Waals surface area contributed by atoms with Gasteiger partial charge in [0.25, 0.3) is 0 Å². The Morgan fingerprint density at radius 2 is 1.74 bits per heavy atom. The number of carboxylic acid groups (broad SMARTS) is 1. The van der Waals surface area contributed by atoms with E-state index in [9.17, 15) is 19.8 Å². The first-order valence-corrected chi connectivity index (χ1v) is 13.1. The molecule has 0 spiro atoms. The Bertz CT molecular complexity index is 1330. The summed E-state index contributed by atoms with van der Waals surface area (Å²) in [5, 5.41) is 20.2. The number of aliphatic carboxylic acids is 1. The number of aliphatic hydroxyl groups is 1. The van der Waals surface area contributed by atoms with Gasteiger partial charge >= 0.3 is 12.1 Å². The fraction of sp³-hybridized carbons (Fsp3) is 0.387. The van der Waals surface area contributed by atoms with Crippen LogP contribution >= 0.6 is 0 Å². The zero-order valence-corrected chi connectivity index (χ0v) is 22.1. The Balaban J connectivity index is 1.33. The third-order valence-corrected chi connectivity index (χ3v) is 7.90. The third kappa shape index (κ3) is 4.90. The molecule has 1 aromatic heterocycles. The second-order valence-corrected chi connectivity index (χ2v) is 11.3. The van der Waals surface area contributed by atoms with Crippen molar-refractivity contribution in [2.45, 2.75) is 69.1 Å². The lowest BCUT2D eigenvalue weighted by Crippen LogP contribution is -2.51. The first-order valence-electron chi connectivity index (χ1n) is 13.1. The minimum Gasteiger partial charge on any atom is -0.481 e. The average molecular weight is 515 g/mol. The summed E-state index contributed by atoms with van der Waals surface area (Å²) in [5.41, 5.74) is 1.60. The smallest absolute Gasteiger partial charge is 0.411 e. The fourth-order valence-electron chi connectivity index (χ4n) is 5.60. The number of ether oxygens (including phenoxy) is 1. The number of cyclic esters (lactones) is 1. The van der Waals surface area contributed by atoms with Crippen LogP contribution in [0.4, 0.5) is 4.79 Å². The maximum Gasteiger partial charge on any atom is 0.411 e. The van der Waals surface area contributed by atoms with Crippen LogP contribution in [0.25, 0.3) is 11.1 Å². The lowest BCUT2D eigenvalue weighted by Gasteiger charge is -2.45.